The highest BCUT2D eigenvalue weighted by Crippen LogP contribution is 2.19. The third-order valence-electron chi connectivity index (χ3n) is 4.40. The zero-order valence-corrected chi connectivity index (χ0v) is 13.4. The minimum Gasteiger partial charge on any atom is -0.481 e. The van der Waals surface area contributed by atoms with Crippen molar-refractivity contribution in [2.75, 3.05) is 13.1 Å². The molecule has 0 bridgehead atoms. The number of rotatable bonds is 5. The van der Waals surface area contributed by atoms with E-state index < -0.39 is 11.9 Å². The fraction of sp³-hybridized carbons (Fsp3) is 0.556. The summed E-state index contributed by atoms with van der Waals surface area (Å²) in [6.07, 6.45) is 2.63. The second-order valence-corrected chi connectivity index (χ2v) is 6.41. The number of piperidine rings is 1. The van der Waals surface area contributed by atoms with Gasteiger partial charge in [0, 0.05) is 19.5 Å². The van der Waals surface area contributed by atoms with E-state index in [2.05, 4.69) is 38.1 Å². The number of carbonyl (C=O) groups excluding carboxylic acids is 1. The lowest BCUT2D eigenvalue weighted by Gasteiger charge is -2.30. The number of hydrogen-bond donors (Lipinski definition) is 1. The summed E-state index contributed by atoms with van der Waals surface area (Å²) >= 11 is 0. The third kappa shape index (κ3) is 4.33. The van der Waals surface area contributed by atoms with Crippen molar-refractivity contribution in [2.24, 2.45) is 5.92 Å². The van der Waals surface area contributed by atoms with Crippen molar-refractivity contribution in [1.82, 2.24) is 4.90 Å². The summed E-state index contributed by atoms with van der Waals surface area (Å²) in [4.78, 5) is 25.0. The van der Waals surface area contributed by atoms with Crippen LogP contribution in [0.1, 0.15) is 50.2 Å². The number of benzene rings is 1. The molecule has 1 aromatic rings. The minimum absolute atomic E-state index is 0.0684. The van der Waals surface area contributed by atoms with Crippen LogP contribution in [0.25, 0.3) is 0 Å². The molecule has 1 aliphatic rings. The Balaban J connectivity index is 1.85. The standard InChI is InChI=1S/C18H25NO3/c1-13(2)15-8-5-14(6-9-15)7-10-17(20)19-11-3-4-16(12-19)18(21)22/h5-6,8-9,13,16H,3-4,7,10-12H2,1-2H3,(H,21,22). The summed E-state index contributed by atoms with van der Waals surface area (Å²) in [7, 11) is 0. The number of carbonyl (C=O) groups is 2. The molecule has 1 atom stereocenters. The highest BCUT2D eigenvalue weighted by molar-refractivity contribution is 5.78. The van der Waals surface area contributed by atoms with E-state index in [1.165, 1.54) is 5.56 Å². The summed E-state index contributed by atoms with van der Waals surface area (Å²) in [5, 5.41) is 9.08. The SMILES string of the molecule is CC(C)c1ccc(CCC(=O)N2CCCC(C(=O)O)C2)cc1. The molecule has 0 aliphatic carbocycles. The van der Waals surface area contributed by atoms with E-state index in [9.17, 15) is 9.59 Å². The molecule has 120 valence electrons. The Hall–Kier alpha value is -1.84. The first-order valence-electron chi connectivity index (χ1n) is 8.06. The van der Waals surface area contributed by atoms with E-state index >= 15 is 0 Å². The Morgan fingerprint density at radius 1 is 1.27 bits per heavy atom. The molecule has 2 rings (SSSR count). The molecule has 4 heteroatoms. The molecule has 22 heavy (non-hydrogen) atoms. The number of likely N-dealkylation sites (tertiary alicyclic amines) is 1. The van der Waals surface area contributed by atoms with Crippen LogP contribution in [0, 0.1) is 5.92 Å². The Bertz CT molecular complexity index is 522. The van der Waals surface area contributed by atoms with Crippen LogP contribution in [-0.2, 0) is 16.0 Å². The average Bonchev–Trinajstić information content (AvgIpc) is 2.53. The first-order chi connectivity index (χ1) is 10.5. The molecule has 1 aliphatic heterocycles. The second kappa shape index (κ2) is 7.43. The summed E-state index contributed by atoms with van der Waals surface area (Å²) in [6.45, 7) is 5.37. The lowest BCUT2D eigenvalue weighted by molar-refractivity contribution is -0.145. The molecule has 0 aromatic heterocycles. The third-order valence-corrected chi connectivity index (χ3v) is 4.40. The van der Waals surface area contributed by atoms with E-state index in [1.807, 2.05) is 0 Å². The normalized spacial score (nSPS) is 18.5. The van der Waals surface area contributed by atoms with E-state index in [0.717, 1.165) is 12.0 Å². The quantitative estimate of drug-likeness (QED) is 0.909. The van der Waals surface area contributed by atoms with Crippen LogP contribution in [-0.4, -0.2) is 35.0 Å². The Morgan fingerprint density at radius 3 is 2.55 bits per heavy atom. The van der Waals surface area contributed by atoms with Crippen LogP contribution in [0.15, 0.2) is 24.3 Å². The molecular weight excluding hydrogens is 278 g/mol. The van der Waals surface area contributed by atoms with Crippen LogP contribution in [0.3, 0.4) is 0 Å². The van der Waals surface area contributed by atoms with Gasteiger partial charge in [-0.05, 0) is 36.3 Å². The Kier molecular flexibility index (Phi) is 5.58. The number of carboxylic acid groups (broad SMARTS) is 1. The molecule has 4 nitrogen and oxygen atoms in total. The Labute approximate surface area is 132 Å². The van der Waals surface area contributed by atoms with Crippen molar-refractivity contribution in [1.29, 1.82) is 0 Å². The zero-order chi connectivity index (χ0) is 16.1. The van der Waals surface area contributed by atoms with Gasteiger partial charge in [0.2, 0.25) is 5.91 Å². The van der Waals surface area contributed by atoms with Crippen molar-refractivity contribution < 1.29 is 14.7 Å². The lowest BCUT2D eigenvalue weighted by Crippen LogP contribution is -2.42. The van der Waals surface area contributed by atoms with Crippen LogP contribution in [0.2, 0.25) is 0 Å². The summed E-state index contributed by atoms with van der Waals surface area (Å²) < 4.78 is 0. The molecule has 1 amide bonds. The maximum absolute atomic E-state index is 12.2. The summed E-state index contributed by atoms with van der Waals surface area (Å²) in [5.74, 6) is -0.610. The molecule has 0 radical (unpaired) electrons. The van der Waals surface area contributed by atoms with Crippen molar-refractivity contribution >= 4 is 11.9 Å². The van der Waals surface area contributed by atoms with Gasteiger partial charge in [-0.15, -0.1) is 0 Å². The lowest BCUT2D eigenvalue weighted by atomic mass is 9.97. The fourth-order valence-corrected chi connectivity index (χ4v) is 2.88. The minimum atomic E-state index is -0.790. The first kappa shape index (κ1) is 16.5. The van der Waals surface area contributed by atoms with Crippen LogP contribution < -0.4 is 0 Å². The molecule has 0 saturated carbocycles. The van der Waals surface area contributed by atoms with Crippen molar-refractivity contribution in [2.45, 2.75) is 45.4 Å². The van der Waals surface area contributed by atoms with Gasteiger partial charge in [-0.3, -0.25) is 9.59 Å². The van der Waals surface area contributed by atoms with Gasteiger partial charge in [0.05, 0.1) is 5.92 Å². The molecule has 1 fully saturated rings. The van der Waals surface area contributed by atoms with Crippen molar-refractivity contribution in [3.05, 3.63) is 35.4 Å². The van der Waals surface area contributed by atoms with Crippen LogP contribution >= 0.6 is 0 Å². The topological polar surface area (TPSA) is 57.6 Å². The van der Waals surface area contributed by atoms with Crippen LogP contribution in [0.4, 0.5) is 0 Å². The number of hydrogen-bond acceptors (Lipinski definition) is 2. The highest BCUT2D eigenvalue weighted by Gasteiger charge is 2.27. The fourth-order valence-electron chi connectivity index (χ4n) is 2.88. The van der Waals surface area contributed by atoms with Crippen molar-refractivity contribution in [3.63, 3.8) is 0 Å². The summed E-state index contributed by atoms with van der Waals surface area (Å²) in [5.41, 5.74) is 2.46. The molecule has 0 spiro atoms. The average molecular weight is 303 g/mol. The van der Waals surface area contributed by atoms with Gasteiger partial charge in [0.15, 0.2) is 0 Å². The van der Waals surface area contributed by atoms with Gasteiger partial charge in [0.25, 0.3) is 0 Å². The number of aryl methyl sites for hydroxylation is 1. The smallest absolute Gasteiger partial charge is 0.308 e. The molecular formula is C18H25NO3. The molecule has 1 unspecified atom stereocenters. The maximum Gasteiger partial charge on any atom is 0.308 e. The van der Waals surface area contributed by atoms with Gasteiger partial charge in [-0.1, -0.05) is 38.1 Å². The van der Waals surface area contributed by atoms with Gasteiger partial charge in [-0.25, -0.2) is 0 Å². The van der Waals surface area contributed by atoms with E-state index in [0.29, 0.717) is 38.3 Å². The van der Waals surface area contributed by atoms with E-state index in [4.69, 9.17) is 5.11 Å². The van der Waals surface area contributed by atoms with Gasteiger partial charge < -0.3 is 10.0 Å². The molecule has 1 heterocycles. The Morgan fingerprint density at radius 2 is 1.95 bits per heavy atom. The summed E-state index contributed by atoms with van der Waals surface area (Å²) in [6, 6.07) is 8.40. The predicted molar refractivity (Wildman–Crippen MR) is 85.8 cm³/mol. The van der Waals surface area contributed by atoms with E-state index in [1.54, 1.807) is 4.90 Å². The van der Waals surface area contributed by atoms with Crippen LogP contribution in [0.5, 0.6) is 0 Å². The number of carboxylic acids is 1. The molecule has 1 saturated heterocycles. The second-order valence-electron chi connectivity index (χ2n) is 6.41. The van der Waals surface area contributed by atoms with Gasteiger partial charge in [-0.2, -0.15) is 0 Å². The number of amides is 1. The predicted octanol–water partition coefficient (Wildman–Crippen LogP) is 3.07. The van der Waals surface area contributed by atoms with E-state index in [-0.39, 0.29) is 5.91 Å². The number of aliphatic carboxylic acids is 1. The number of nitrogens with zero attached hydrogens (tertiary/aromatic N) is 1. The zero-order valence-electron chi connectivity index (χ0n) is 13.4. The maximum atomic E-state index is 12.2. The monoisotopic (exact) mass is 303 g/mol. The van der Waals surface area contributed by atoms with Crippen molar-refractivity contribution in [3.8, 4) is 0 Å². The molecule has 1 aromatic carbocycles. The van der Waals surface area contributed by atoms with Gasteiger partial charge in [0.1, 0.15) is 0 Å². The largest absolute Gasteiger partial charge is 0.481 e. The first-order valence-corrected chi connectivity index (χ1v) is 8.06. The molecule has 1 N–H and O–H groups in total. The highest BCUT2D eigenvalue weighted by atomic mass is 16.4. The van der Waals surface area contributed by atoms with Gasteiger partial charge >= 0.3 is 5.97 Å².